The Morgan fingerprint density at radius 1 is 1.36 bits per heavy atom. The number of hydrogen-bond acceptors (Lipinski definition) is 2. The average molecular weight is 272 g/mol. The van der Waals surface area contributed by atoms with Gasteiger partial charge in [0.1, 0.15) is 0 Å². The molecule has 0 spiro atoms. The summed E-state index contributed by atoms with van der Waals surface area (Å²) in [6.45, 7) is 3.39. The molecule has 1 fully saturated rings. The molecule has 1 aromatic carbocycles. The van der Waals surface area contributed by atoms with Crippen LogP contribution in [0.4, 0.5) is 0 Å². The smallest absolute Gasteiger partial charge is 0.0412 e. The molecule has 0 aliphatic carbocycles. The van der Waals surface area contributed by atoms with Crippen molar-refractivity contribution in [3.05, 3.63) is 34.3 Å². The van der Waals surface area contributed by atoms with Gasteiger partial charge >= 0.3 is 0 Å². The quantitative estimate of drug-likeness (QED) is 0.842. The third-order valence-corrected chi connectivity index (χ3v) is 4.26. The van der Waals surface area contributed by atoms with Gasteiger partial charge in [0.15, 0.2) is 0 Å². The molecule has 2 unspecified atom stereocenters. The summed E-state index contributed by atoms with van der Waals surface area (Å²) in [4.78, 5) is 0. The van der Waals surface area contributed by atoms with Gasteiger partial charge in [-0.25, -0.2) is 0 Å². The first kappa shape index (κ1) is 10.5. The Balaban J connectivity index is 2.05. The van der Waals surface area contributed by atoms with E-state index in [4.69, 9.17) is 0 Å². The van der Waals surface area contributed by atoms with Gasteiger partial charge in [0.05, 0.1) is 0 Å². The van der Waals surface area contributed by atoms with Crippen LogP contribution >= 0.6 is 27.7 Å². The van der Waals surface area contributed by atoms with Gasteiger partial charge in [-0.05, 0) is 17.7 Å². The molecule has 1 nitrogen and oxygen atoms in total. The van der Waals surface area contributed by atoms with E-state index in [1.807, 2.05) is 0 Å². The van der Waals surface area contributed by atoms with Crippen molar-refractivity contribution < 1.29 is 0 Å². The van der Waals surface area contributed by atoms with Crippen LogP contribution in [0.1, 0.15) is 18.5 Å². The highest BCUT2D eigenvalue weighted by Crippen LogP contribution is 2.26. The molecule has 1 aromatic rings. The molecule has 14 heavy (non-hydrogen) atoms. The molecule has 1 aliphatic heterocycles. The fourth-order valence-electron chi connectivity index (χ4n) is 1.60. The van der Waals surface area contributed by atoms with Crippen LogP contribution in [-0.2, 0) is 0 Å². The molecule has 0 radical (unpaired) electrons. The number of benzene rings is 1. The van der Waals surface area contributed by atoms with Crippen molar-refractivity contribution >= 4 is 27.7 Å². The van der Waals surface area contributed by atoms with Gasteiger partial charge in [-0.15, -0.1) is 0 Å². The van der Waals surface area contributed by atoms with Crippen molar-refractivity contribution in [1.82, 2.24) is 5.32 Å². The molecule has 76 valence electrons. The highest BCUT2D eigenvalue weighted by Gasteiger charge is 2.18. The fourth-order valence-corrected chi connectivity index (χ4v) is 2.91. The van der Waals surface area contributed by atoms with E-state index in [0.717, 1.165) is 16.3 Å². The second-order valence-corrected chi connectivity index (χ2v) is 6.04. The Labute approximate surface area is 97.8 Å². The van der Waals surface area contributed by atoms with Crippen molar-refractivity contribution in [3.8, 4) is 0 Å². The first-order valence-electron chi connectivity index (χ1n) is 4.86. The minimum Gasteiger partial charge on any atom is -0.308 e. The molecule has 2 atom stereocenters. The Morgan fingerprint density at radius 3 is 2.64 bits per heavy atom. The predicted octanol–water partition coefficient (Wildman–Crippen LogP) is 3.22. The lowest BCUT2D eigenvalue weighted by atomic mass is 10.1. The van der Waals surface area contributed by atoms with E-state index in [9.17, 15) is 0 Å². The molecular weight excluding hydrogens is 258 g/mol. The minimum absolute atomic E-state index is 0.532. The summed E-state index contributed by atoms with van der Waals surface area (Å²) in [7, 11) is 0. The Hall–Kier alpha value is 0.01000. The number of halogens is 1. The Bertz CT molecular complexity index is 291. The molecule has 0 amide bonds. The molecule has 3 heteroatoms. The molecule has 1 heterocycles. The molecule has 0 saturated carbocycles. The van der Waals surface area contributed by atoms with Crippen molar-refractivity contribution in [3.63, 3.8) is 0 Å². The van der Waals surface area contributed by atoms with Crippen molar-refractivity contribution in [2.24, 2.45) is 0 Å². The highest BCUT2D eigenvalue weighted by atomic mass is 79.9. The highest BCUT2D eigenvalue weighted by molar-refractivity contribution is 9.10. The number of rotatable bonds is 1. The lowest BCUT2D eigenvalue weighted by Gasteiger charge is -2.27. The van der Waals surface area contributed by atoms with Crippen LogP contribution in [0.5, 0.6) is 0 Å². The van der Waals surface area contributed by atoms with Gasteiger partial charge < -0.3 is 5.32 Å². The molecule has 2 rings (SSSR count). The summed E-state index contributed by atoms with van der Waals surface area (Å²) in [6.07, 6.45) is 0. The topological polar surface area (TPSA) is 12.0 Å². The van der Waals surface area contributed by atoms with E-state index in [-0.39, 0.29) is 0 Å². The second kappa shape index (κ2) is 4.69. The molecule has 1 saturated heterocycles. The number of nitrogens with one attached hydrogen (secondary N) is 1. The molecular formula is C11H14BrNS. The Kier molecular flexibility index (Phi) is 3.52. The summed E-state index contributed by atoms with van der Waals surface area (Å²) in [5, 5.41) is 4.32. The standard InChI is InChI=1S/C11H14BrNS/c1-8-6-13-11(7-14-8)9-2-4-10(12)5-3-9/h2-5,8,11,13H,6-7H2,1H3. The summed E-state index contributed by atoms with van der Waals surface area (Å²) >= 11 is 5.50. The van der Waals surface area contributed by atoms with Gasteiger partial charge in [0, 0.05) is 28.1 Å². The third kappa shape index (κ3) is 2.53. The first-order chi connectivity index (χ1) is 6.75. The van der Waals surface area contributed by atoms with E-state index >= 15 is 0 Å². The minimum atomic E-state index is 0.532. The largest absolute Gasteiger partial charge is 0.308 e. The van der Waals surface area contributed by atoms with E-state index in [1.165, 1.54) is 11.3 Å². The molecule has 0 bridgehead atoms. The SMILES string of the molecule is CC1CNC(c2ccc(Br)cc2)CS1. The van der Waals surface area contributed by atoms with Crippen LogP contribution in [0.2, 0.25) is 0 Å². The normalized spacial score (nSPS) is 27.6. The molecule has 1 aliphatic rings. The van der Waals surface area contributed by atoms with Gasteiger partial charge in [-0.1, -0.05) is 35.0 Å². The maximum atomic E-state index is 3.57. The van der Waals surface area contributed by atoms with E-state index in [0.29, 0.717) is 6.04 Å². The summed E-state index contributed by atoms with van der Waals surface area (Å²) in [5.74, 6) is 1.18. The van der Waals surface area contributed by atoms with E-state index < -0.39 is 0 Å². The average Bonchev–Trinajstić information content (AvgIpc) is 2.21. The summed E-state index contributed by atoms with van der Waals surface area (Å²) in [6, 6.07) is 9.14. The van der Waals surface area contributed by atoms with Gasteiger partial charge in [0.2, 0.25) is 0 Å². The maximum Gasteiger partial charge on any atom is 0.0412 e. The fraction of sp³-hybridized carbons (Fsp3) is 0.455. The zero-order chi connectivity index (χ0) is 9.97. The number of hydrogen-bond donors (Lipinski definition) is 1. The van der Waals surface area contributed by atoms with Gasteiger partial charge in [0.25, 0.3) is 0 Å². The molecule has 0 aromatic heterocycles. The summed E-state index contributed by atoms with van der Waals surface area (Å²) < 4.78 is 1.15. The van der Waals surface area contributed by atoms with E-state index in [2.05, 4.69) is 64.2 Å². The van der Waals surface area contributed by atoms with Crippen LogP contribution < -0.4 is 5.32 Å². The van der Waals surface area contributed by atoms with Crippen LogP contribution in [-0.4, -0.2) is 17.5 Å². The van der Waals surface area contributed by atoms with Crippen LogP contribution in [0.25, 0.3) is 0 Å². The van der Waals surface area contributed by atoms with Crippen molar-refractivity contribution in [1.29, 1.82) is 0 Å². The number of thioether (sulfide) groups is 1. The second-order valence-electron chi connectivity index (χ2n) is 3.66. The molecule has 1 N–H and O–H groups in total. The Morgan fingerprint density at radius 2 is 2.07 bits per heavy atom. The summed E-state index contributed by atoms with van der Waals surface area (Å²) in [5.41, 5.74) is 1.40. The lowest BCUT2D eigenvalue weighted by Crippen LogP contribution is -2.34. The zero-order valence-electron chi connectivity index (χ0n) is 8.16. The predicted molar refractivity (Wildman–Crippen MR) is 66.8 cm³/mol. The van der Waals surface area contributed by atoms with Crippen molar-refractivity contribution in [2.45, 2.75) is 18.2 Å². The van der Waals surface area contributed by atoms with Crippen LogP contribution in [0, 0.1) is 0 Å². The van der Waals surface area contributed by atoms with Gasteiger partial charge in [-0.2, -0.15) is 11.8 Å². The lowest BCUT2D eigenvalue weighted by molar-refractivity contribution is 0.563. The monoisotopic (exact) mass is 271 g/mol. The zero-order valence-corrected chi connectivity index (χ0v) is 10.6. The van der Waals surface area contributed by atoms with E-state index in [1.54, 1.807) is 0 Å². The van der Waals surface area contributed by atoms with Gasteiger partial charge in [-0.3, -0.25) is 0 Å². The van der Waals surface area contributed by atoms with Crippen LogP contribution in [0.15, 0.2) is 28.7 Å². The maximum absolute atomic E-state index is 3.57. The first-order valence-corrected chi connectivity index (χ1v) is 6.70. The van der Waals surface area contributed by atoms with Crippen molar-refractivity contribution in [2.75, 3.05) is 12.3 Å². The van der Waals surface area contributed by atoms with Crippen LogP contribution in [0.3, 0.4) is 0 Å². The third-order valence-electron chi connectivity index (χ3n) is 2.47.